The Labute approximate surface area is 148 Å². The summed E-state index contributed by atoms with van der Waals surface area (Å²) in [5, 5.41) is 0. The Hall–Kier alpha value is -2.03. The van der Waals surface area contributed by atoms with Gasteiger partial charge in [-0.1, -0.05) is 30.3 Å². The van der Waals surface area contributed by atoms with E-state index in [4.69, 9.17) is 14.5 Å². The maximum absolute atomic E-state index is 12.1. The molecule has 0 spiro atoms. The van der Waals surface area contributed by atoms with E-state index in [1.54, 1.807) is 0 Å². The molecule has 1 saturated heterocycles. The summed E-state index contributed by atoms with van der Waals surface area (Å²) in [5.74, 6) is 0. The molecule has 0 aliphatic carbocycles. The summed E-state index contributed by atoms with van der Waals surface area (Å²) in [6, 6.07) is 9.38. The Morgan fingerprint density at radius 2 is 1.96 bits per heavy atom. The second kappa shape index (κ2) is 7.69. The quantitative estimate of drug-likeness (QED) is 0.633. The van der Waals surface area contributed by atoms with Gasteiger partial charge < -0.3 is 14.5 Å². The van der Waals surface area contributed by atoms with Crippen molar-refractivity contribution in [1.82, 2.24) is 9.55 Å². The van der Waals surface area contributed by atoms with Crippen molar-refractivity contribution in [3.05, 3.63) is 68.5 Å². The van der Waals surface area contributed by atoms with Gasteiger partial charge in [-0.2, -0.15) is 0 Å². The smallest absolute Gasteiger partial charge is 0.352 e. The molecule has 3 N–H and O–H groups in total. The molecule has 1 aromatic heterocycles. The van der Waals surface area contributed by atoms with E-state index in [2.05, 4.69) is 9.51 Å². The Morgan fingerprint density at radius 3 is 2.65 bits per heavy atom. The number of ether oxygens (including phenoxy) is 1. The van der Waals surface area contributed by atoms with Crippen LogP contribution in [0.2, 0.25) is 0 Å². The van der Waals surface area contributed by atoms with E-state index in [0.29, 0.717) is 24.8 Å². The van der Waals surface area contributed by atoms with E-state index in [0.717, 1.165) is 5.56 Å². The summed E-state index contributed by atoms with van der Waals surface area (Å²) in [4.78, 5) is 44.0. The Bertz CT molecular complexity index is 918. The molecule has 2 aromatic rings. The predicted octanol–water partition coefficient (Wildman–Crippen LogP) is 0.914. The first kappa shape index (κ1) is 18.8. The molecule has 0 bridgehead atoms. The Kier molecular flexibility index (Phi) is 5.55. The lowest BCUT2D eigenvalue weighted by atomic mass is 10.1. The fraction of sp³-hybridized carbons (Fsp3) is 0.375. The molecule has 1 aromatic carbocycles. The monoisotopic (exact) mass is 382 g/mol. The zero-order chi connectivity index (χ0) is 18.7. The highest BCUT2D eigenvalue weighted by molar-refractivity contribution is 7.46. The maximum atomic E-state index is 12.1. The van der Waals surface area contributed by atoms with Crippen molar-refractivity contribution in [2.45, 2.75) is 31.6 Å². The van der Waals surface area contributed by atoms with Crippen molar-refractivity contribution in [2.75, 3.05) is 6.61 Å². The molecule has 140 valence electrons. The topological polar surface area (TPSA) is 131 Å². The standard InChI is InChI=1S/C16H19N2O7P/c19-15-12(8-11-4-2-1-3-5-11)9-18(16(20)17-15)14-7-6-13(25-14)10-24-26(21,22)23/h1-5,9,13-14H,6-8,10H2,(H,17,19,20)(H2,21,22,23). The summed E-state index contributed by atoms with van der Waals surface area (Å²) >= 11 is 0. The number of phosphoric acid groups is 1. The van der Waals surface area contributed by atoms with Gasteiger partial charge in [0.25, 0.3) is 5.56 Å². The van der Waals surface area contributed by atoms with Crippen LogP contribution < -0.4 is 11.2 Å². The first-order chi connectivity index (χ1) is 12.3. The highest BCUT2D eigenvalue weighted by atomic mass is 31.2. The van der Waals surface area contributed by atoms with E-state index in [9.17, 15) is 14.2 Å². The van der Waals surface area contributed by atoms with Gasteiger partial charge in [0.05, 0.1) is 12.7 Å². The predicted molar refractivity (Wildman–Crippen MR) is 91.7 cm³/mol. The number of rotatable bonds is 6. The molecule has 2 unspecified atom stereocenters. The second-order valence-electron chi connectivity index (χ2n) is 6.06. The number of phosphoric ester groups is 1. The normalized spacial score (nSPS) is 20.4. The molecular weight excluding hydrogens is 363 g/mol. The third kappa shape index (κ3) is 4.78. The van der Waals surface area contributed by atoms with E-state index < -0.39 is 31.4 Å². The Morgan fingerprint density at radius 1 is 1.23 bits per heavy atom. The molecule has 2 heterocycles. The Balaban J connectivity index is 1.76. The first-order valence-corrected chi connectivity index (χ1v) is 9.58. The van der Waals surface area contributed by atoms with Crippen LogP contribution in [0.5, 0.6) is 0 Å². The van der Waals surface area contributed by atoms with Gasteiger partial charge in [0.15, 0.2) is 0 Å². The zero-order valence-electron chi connectivity index (χ0n) is 13.8. The molecule has 1 aliphatic heterocycles. The number of nitrogens with one attached hydrogen (secondary N) is 1. The van der Waals surface area contributed by atoms with E-state index in [1.807, 2.05) is 30.3 Å². The van der Waals surface area contributed by atoms with Crippen molar-refractivity contribution >= 4 is 7.82 Å². The molecule has 1 fully saturated rings. The summed E-state index contributed by atoms with van der Waals surface area (Å²) < 4.78 is 22.2. The SMILES string of the molecule is O=c1[nH]c(=O)n(C2CCC(COP(=O)(O)O)O2)cc1Cc1ccccc1. The fourth-order valence-corrected chi connectivity index (χ4v) is 3.24. The summed E-state index contributed by atoms with van der Waals surface area (Å²) in [6.45, 7) is -0.268. The molecule has 0 radical (unpaired) electrons. The minimum Gasteiger partial charge on any atom is -0.352 e. The van der Waals surface area contributed by atoms with Crippen molar-refractivity contribution in [3.8, 4) is 0 Å². The minimum atomic E-state index is -4.57. The van der Waals surface area contributed by atoms with Crippen LogP contribution in [0.1, 0.15) is 30.2 Å². The molecule has 2 atom stereocenters. The average Bonchev–Trinajstić information content (AvgIpc) is 3.04. The van der Waals surface area contributed by atoms with Crippen LogP contribution >= 0.6 is 7.82 Å². The van der Waals surface area contributed by atoms with Gasteiger partial charge in [0, 0.05) is 18.2 Å². The van der Waals surface area contributed by atoms with Gasteiger partial charge in [-0.25, -0.2) is 9.36 Å². The number of aromatic nitrogens is 2. The molecule has 0 saturated carbocycles. The van der Waals surface area contributed by atoms with Crippen LogP contribution in [-0.4, -0.2) is 32.0 Å². The molecule has 3 rings (SSSR count). The van der Waals surface area contributed by atoms with E-state index in [1.165, 1.54) is 10.8 Å². The number of nitrogens with zero attached hydrogens (tertiary/aromatic N) is 1. The maximum Gasteiger partial charge on any atom is 0.469 e. The fourth-order valence-electron chi connectivity index (χ4n) is 2.88. The summed E-state index contributed by atoms with van der Waals surface area (Å²) in [7, 11) is -4.57. The molecule has 1 aliphatic rings. The first-order valence-electron chi connectivity index (χ1n) is 8.05. The number of hydrogen-bond donors (Lipinski definition) is 3. The van der Waals surface area contributed by atoms with Crippen molar-refractivity contribution in [2.24, 2.45) is 0 Å². The molecular formula is C16H19N2O7P. The van der Waals surface area contributed by atoms with Crippen LogP contribution in [0.15, 0.2) is 46.1 Å². The largest absolute Gasteiger partial charge is 0.469 e. The van der Waals surface area contributed by atoms with Gasteiger partial charge in [0.2, 0.25) is 0 Å². The molecule has 26 heavy (non-hydrogen) atoms. The zero-order valence-corrected chi connectivity index (χ0v) is 14.7. The van der Waals surface area contributed by atoms with Crippen LogP contribution in [0.4, 0.5) is 0 Å². The van der Waals surface area contributed by atoms with E-state index in [-0.39, 0.29) is 6.61 Å². The number of hydrogen-bond acceptors (Lipinski definition) is 5. The van der Waals surface area contributed by atoms with Crippen molar-refractivity contribution < 1.29 is 23.6 Å². The van der Waals surface area contributed by atoms with Crippen LogP contribution in [0, 0.1) is 0 Å². The summed E-state index contributed by atoms with van der Waals surface area (Å²) in [5.41, 5.74) is 0.320. The van der Waals surface area contributed by atoms with E-state index >= 15 is 0 Å². The highest BCUT2D eigenvalue weighted by Crippen LogP contribution is 2.37. The van der Waals surface area contributed by atoms with Gasteiger partial charge in [-0.05, 0) is 18.4 Å². The van der Waals surface area contributed by atoms with Gasteiger partial charge in [-0.15, -0.1) is 0 Å². The molecule has 9 nitrogen and oxygen atoms in total. The molecule has 0 amide bonds. The third-order valence-electron chi connectivity index (χ3n) is 4.10. The molecule has 10 heteroatoms. The van der Waals surface area contributed by atoms with Gasteiger partial charge >= 0.3 is 13.5 Å². The number of benzene rings is 1. The highest BCUT2D eigenvalue weighted by Gasteiger charge is 2.29. The third-order valence-corrected chi connectivity index (χ3v) is 4.59. The number of aromatic amines is 1. The minimum absolute atomic E-state index is 0.268. The number of H-pyrrole nitrogens is 1. The van der Waals surface area contributed by atoms with Gasteiger partial charge in [0.1, 0.15) is 6.23 Å². The lowest BCUT2D eigenvalue weighted by Gasteiger charge is -2.17. The summed E-state index contributed by atoms with van der Waals surface area (Å²) in [6.07, 6.45) is 1.62. The average molecular weight is 382 g/mol. The lowest BCUT2D eigenvalue weighted by molar-refractivity contribution is -0.0244. The van der Waals surface area contributed by atoms with Crippen LogP contribution in [0.3, 0.4) is 0 Å². The van der Waals surface area contributed by atoms with Crippen LogP contribution in [0.25, 0.3) is 0 Å². The van der Waals surface area contributed by atoms with Gasteiger partial charge in [-0.3, -0.25) is 18.9 Å². The second-order valence-corrected chi connectivity index (χ2v) is 7.30. The lowest BCUT2D eigenvalue weighted by Crippen LogP contribution is -2.34. The van der Waals surface area contributed by atoms with Crippen LogP contribution in [-0.2, 0) is 20.2 Å². The van der Waals surface area contributed by atoms with Crippen molar-refractivity contribution in [3.63, 3.8) is 0 Å². The van der Waals surface area contributed by atoms with Crippen molar-refractivity contribution in [1.29, 1.82) is 0 Å².